The Labute approximate surface area is 127 Å². The Morgan fingerprint density at radius 1 is 1.32 bits per heavy atom. The standard InChI is InChI=1S/C14H18F2O5S/c1-8(14(15,16)22(18,19)20)21-7-11-2-9-3-12(10(9)4-11)6-13(12,17)5-11/h9-10,17H,1-7H2,(H,18,19,20). The van der Waals surface area contributed by atoms with Gasteiger partial charge in [-0.05, 0) is 43.9 Å². The van der Waals surface area contributed by atoms with Crippen molar-refractivity contribution in [1.29, 1.82) is 0 Å². The van der Waals surface area contributed by atoms with Crippen molar-refractivity contribution in [2.75, 3.05) is 6.61 Å². The van der Waals surface area contributed by atoms with E-state index in [2.05, 4.69) is 6.58 Å². The SMILES string of the molecule is C=C(OCC12CC3CC4(CC4(O)C1)C3C2)C(F)(F)S(=O)(=O)O. The molecule has 22 heavy (non-hydrogen) atoms. The Morgan fingerprint density at radius 3 is 2.64 bits per heavy atom. The van der Waals surface area contributed by atoms with Crippen LogP contribution in [-0.2, 0) is 14.9 Å². The Balaban J connectivity index is 1.48. The third-order valence-corrected chi connectivity index (χ3v) is 7.41. The third kappa shape index (κ3) is 1.56. The second-order valence-electron chi connectivity index (χ2n) is 7.72. The van der Waals surface area contributed by atoms with Crippen LogP contribution >= 0.6 is 0 Å². The second-order valence-corrected chi connectivity index (χ2v) is 9.19. The molecule has 0 radical (unpaired) electrons. The molecule has 0 aliphatic heterocycles. The van der Waals surface area contributed by atoms with Crippen LogP contribution in [-0.4, -0.2) is 35.5 Å². The Morgan fingerprint density at radius 2 is 2.00 bits per heavy atom. The predicted octanol–water partition coefficient (Wildman–Crippen LogP) is 1.94. The molecule has 0 saturated heterocycles. The summed E-state index contributed by atoms with van der Waals surface area (Å²) >= 11 is 0. The monoisotopic (exact) mass is 336 g/mol. The number of halogens is 2. The van der Waals surface area contributed by atoms with Crippen LogP contribution in [0.4, 0.5) is 8.78 Å². The van der Waals surface area contributed by atoms with Gasteiger partial charge in [-0.1, -0.05) is 6.58 Å². The maximum absolute atomic E-state index is 13.4. The first-order valence-corrected chi connectivity index (χ1v) is 8.78. The molecule has 5 nitrogen and oxygen atoms in total. The average molecular weight is 336 g/mol. The van der Waals surface area contributed by atoms with Gasteiger partial charge < -0.3 is 9.84 Å². The summed E-state index contributed by atoms with van der Waals surface area (Å²) in [5, 5.41) is 6.07. The summed E-state index contributed by atoms with van der Waals surface area (Å²) in [4.78, 5) is 0. The molecule has 0 heterocycles. The van der Waals surface area contributed by atoms with Gasteiger partial charge in [-0.25, -0.2) is 0 Å². The van der Waals surface area contributed by atoms with E-state index in [9.17, 15) is 22.3 Å². The van der Waals surface area contributed by atoms with Crippen LogP contribution in [0.3, 0.4) is 0 Å². The second kappa shape index (κ2) is 3.67. The molecule has 1 spiro atoms. The van der Waals surface area contributed by atoms with E-state index in [4.69, 9.17) is 9.29 Å². The molecule has 0 aromatic carbocycles. The van der Waals surface area contributed by atoms with Crippen molar-refractivity contribution in [1.82, 2.24) is 0 Å². The lowest BCUT2D eigenvalue weighted by molar-refractivity contribution is -0.0689. The van der Waals surface area contributed by atoms with E-state index in [1.165, 1.54) is 0 Å². The number of ether oxygens (including phenoxy) is 1. The maximum Gasteiger partial charge on any atom is 0.424 e. The van der Waals surface area contributed by atoms with Crippen LogP contribution in [0.2, 0.25) is 0 Å². The molecule has 4 saturated carbocycles. The zero-order valence-corrected chi connectivity index (χ0v) is 12.7. The third-order valence-electron chi connectivity index (χ3n) is 6.53. The van der Waals surface area contributed by atoms with E-state index >= 15 is 0 Å². The van der Waals surface area contributed by atoms with E-state index in [1.807, 2.05) is 0 Å². The van der Waals surface area contributed by atoms with Crippen molar-refractivity contribution >= 4 is 10.1 Å². The van der Waals surface area contributed by atoms with Gasteiger partial charge in [0.05, 0.1) is 12.2 Å². The summed E-state index contributed by atoms with van der Waals surface area (Å²) in [5.41, 5.74) is -1.02. The molecule has 2 bridgehead atoms. The molecular formula is C14H18F2O5S. The highest BCUT2D eigenvalue weighted by Crippen LogP contribution is 2.85. The summed E-state index contributed by atoms with van der Waals surface area (Å²) in [6.45, 7) is 2.86. The largest absolute Gasteiger partial charge is 0.490 e. The molecule has 0 amide bonds. The molecule has 124 valence electrons. The van der Waals surface area contributed by atoms with E-state index in [0.717, 1.165) is 25.7 Å². The first-order chi connectivity index (χ1) is 9.95. The fourth-order valence-electron chi connectivity index (χ4n) is 5.59. The maximum atomic E-state index is 13.4. The molecule has 2 N–H and O–H groups in total. The summed E-state index contributed by atoms with van der Waals surface area (Å²) in [5.74, 6) is -0.316. The summed E-state index contributed by atoms with van der Waals surface area (Å²) < 4.78 is 61.8. The summed E-state index contributed by atoms with van der Waals surface area (Å²) in [7, 11) is -5.60. The number of fused-ring (bicyclic) bond motifs is 1. The van der Waals surface area contributed by atoms with Gasteiger partial charge in [0.1, 0.15) is 0 Å². The summed E-state index contributed by atoms with van der Waals surface area (Å²) in [6.07, 6.45) is 3.93. The number of alkyl halides is 2. The first-order valence-electron chi connectivity index (χ1n) is 7.34. The zero-order valence-electron chi connectivity index (χ0n) is 11.9. The van der Waals surface area contributed by atoms with Gasteiger partial charge in [0.2, 0.25) is 0 Å². The van der Waals surface area contributed by atoms with Crippen molar-refractivity contribution in [2.45, 2.75) is 43.0 Å². The minimum Gasteiger partial charge on any atom is -0.490 e. The molecule has 0 aromatic rings. The molecule has 5 unspecified atom stereocenters. The topological polar surface area (TPSA) is 83.8 Å². The van der Waals surface area contributed by atoms with Gasteiger partial charge in [-0.15, -0.1) is 0 Å². The van der Waals surface area contributed by atoms with Crippen molar-refractivity contribution in [3.05, 3.63) is 12.3 Å². The van der Waals surface area contributed by atoms with Crippen LogP contribution < -0.4 is 0 Å². The van der Waals surface area contributed by atoms with Crippen LogP contribution in [0, 0.1) is 22.7 Å². The highest BCUT2D eigenvalue weighted by molar-refractivity contribution is 7.87. The number of hydrogen-bond donors (Lipinski definition) is 2. The van der Waals surface area contributed by atoms with Gasteiger partial charge >= 0.3 is 15.4 Å². The molecule has 4 fully saturated rings. The fourth-order valence-corrected chi connectivity index (χ4v) is 5.94. The number of rotatable bonds is 5. The lowest BCUT2D eigenvalue weighted by Gasteiger charge is -2.46. The van der Waals surface area contributed by atoms with Crippen molar-refractivity contribution in [3.63, 3.8) is 0 Å². The highest BCUT2D eigenvalue weighted by Gasteiger charge is 2.83. The van der Waals surface area contributed by atoms with Crippen LogP contribution in [0.25, 0.3) is 0 Å². The normalized spacial score (nSPS) is 48.4. The lowest BCUT2D eigenvalue weighted by atomic mass is 9.60. The van der Waals surface area contributed by atoms with E-state index in [-0.39, 0.29) is 12.0 Å². The highest BCUT2D eigenvalue weighted by atomic mass is 32.2. The van der Waals surface area contributed by atoms with Gasteiger partial charge in [-0.2, -0.15) is 17.2 Å². The van der Waals surface area contributed by atoms with Gasteiger partial charge in [0.15, 0.2) is 5.76 Å². The first kappa shape index (κ1) is 14.8. The Kier molecular flexibility index (Phi) is 2.48. The molecular weight excluding hydrogens is 318 g/mol. The molecule has 0 aromatic heterocycles. The Hall–Kier alpha value is -0.730. The lowest BCUT2D eigenvalue weighted by Crippen LogP contribution is -2.45. The van der Waals surface area contributed by atoms with E-state index in [1.54, 1.807) is 0 Å². The van der Waals surface area contributed by atoms with Crippen molar-refractivity contribution in [2.24, 2.45) is 22.7 Å². The minimum absolute atomic E-state index is 0.0626. The van der Waals surface area contributed by atoms with E-state index in [0.29, 0.717) is 18.3 Å². The number of aliphatic hydroxyl groups is 1. The average Bonchev–Trinajstić information content (AvgIpc) is 2.92. The minimum atomic E-state index is -5.60. The predicted molar refractivity (Wildman–Crippen MR) is 71.5 cm³/mol. The molecule has 8 heteroatoms. The molecule has 5 atom stereocenters. The zero-order chi connectivity index (χ0) is 16.2. The van der Waals surface area contributed by atoms with Gasteiger partial charge in [0, 0.05) is 10.8 Å². The number of hydrogen-bond acceptors (Lipinski definition) is 4. The molecule has 4 aliphatic carbocycles. The van der Waals surface area contributed by atoms with Gasteiger partial charge in [-0.3, -0.25) is 4.55 Å². The molecule has 4 rings (SSSR count). The fraction of sp³-hybridized carbons (Fsp3) is 0.857. The van der Waals surface area contributed by atoms with Crippen LogP contribution in [0.5, 0.6) is 0 Å². The summed E-state index contributed by atoms with van der Waals surface area (Å²) in [6, 6.07) is 0. The van der Waals surface area contributed by atoms with Gasteiger partial charge in [0.25, 0.3) is 0 Å². The quantitative estimate of drug-likeness (QED) is 0.592. The van der Waals surface area contributed by atoms with Crippen molar-refractivity contribution in [3.8, 4) is 0 Å². The van der Waals surface area contributed by atoms with E-state index < -0.39 is 32.1 Å². The molecule has 4 aliphatic rings. The van der Waals surface area contributed by atoms with Crippen LogP contribution in [0.15, 0.2) is 12.3 Å². The smallest absolute Gasteiger partial charge is 0.424 e. The Bertz CT molecular complexity index is 677. The van der Waals surface area contributed by atoms with Crippen molar-refractivity contribution < 1.29 is 31.6 Å². The van der Waals surface area contributed by atoms with Crippen LogP contribution in [0.1, 0.15) is 32.1 Å².